The largest absolute Gasteiger partial charge is 0.343 e. The second-order valence-corrected chi connectivity index (χ2v) is 8.24. The molecule has 1 fully saturated rings. The number of fused-ring (bicyclic) bond motifs is 2. The molecule has 2 aliphatic rings. The van der Waals surface area contributed by atoms with Crippen molar-refractivity contribution in [1.29, 1.82) is 0 Å². The summed E-state index contributed by atoms with van der Waals surface area (Å²) < 4.78 is 2.01. The molecule has 1 atom stereocenters. The number of rotatable bonds is 4. The molecule has 0 unspecified atom stereocenters. The van der Waals surface area contributed by atoms with Gasteiger partial charge in [0.1, 0.15) is 11.9 Å². The van der Waals surface area contributed by atoms with E-state index in [0.29, 0.717) is 24.3 Å². The first-order valence-electron chi connectivity index (χ1n) is 10.9. The third-order valence-corrected chi connectivity index (χ3v) is 6.25. The zero-order valence-electron chi connectivity index (χ0n) is 17.5. The van der Waals surface area contributed by atoms with E-state index in [9.17, 15) is 14.4 Å². The van der Waals surface area contributed by atoms with E-state index in [1.807, 2.05) is 33.7 Å². The number of anilines is 1. The number of amides is 3. The van der Waals surface area contributed by atoms with Gasteiger partial charge in [0, 0.05) is 31.6 Å². The van der Waals surface area contributed by atoms with E-state index in [1.54, 1.807) is 24.3 Å². The van der Waals surface area contributed by atoms with Gasteiger partial charge in [-0.15, -0.1) is 10.2 Å². The molecule has 0 spiro atoms. The Labute approximate surface area is 184 Å². The third kappa shape index (κ3) is 3.81. The SMILES string of the molecule is O=C1N[C@@H](CCC(=O)N2CCC(c3nnc4ccccn34)CC2)C(=O)Nc2ccccc21. The number of carbonyl (C=O) groups is 3. The number of pyridine rings is 1. The highest BCUT2D eigenvalue weighted by atomic mass is 16.2. The van der Waals surface area contributed by atoms with Crippen molar-refractivity contribution in [2.45, 2.75) is 37.6 Å². The summed E-state index contributed by atoms with van der Waals surface area (Å²) in [4.78, 5) is 39.6. The minimum absolute atomic E-state index is 0.00152. The maximum absolute atomic E-state index is 12.8. The predicted molar refractivity (Wildman–Crippen MR) is 117 cm³/mol. The molecule has 1 saturated heterocycles. The number of hydrogen-bond acceptors (Lipinski definition) is 5. The highest BCUT2D eigenvalue weighted by Crippen LogP contribution is 2.27. The molecular formula is C23H24N6O3. The third-order valence-electron chi connectivity index (χ3n) is 6.25. The standard InChI is InChI=1S/C23H24N6O3/c30-20(9-8-18-23(32)24-17-6-2-1-5-16(17)22(31)25-18)28-13-10-15(11-14-28)21-27-26-19-7-3-4-12-29(19)21/h1-7,12,15,18H,8-11,13-14H2,(H,24,32)(H,25,31)/t18-/m0/s1. The average Bonchev–Trinajstić information content (AvgIpc) is 3.21. The number of piperidine rings is 1. The van der Waals surface area contributed by atoms with E-state index in [1.165, 1.54) is 0 Å². The van der Waals surface area contributed by atoms with Gasteiger partial charge in [-0.3, -0.25) is 18.8 Å². The van der Waals surface area contributed by atoms with E-state index < -0.39 is 6.04 Å². The van der Waals surface area contributed by atoms with E-state index in [4.69, 9.17) is 0 Å². The van der Waals surface area contributed by atoms with Gasteiger partial charge in [-0.1, -0.05) is 18.2 Å². The lowest BCUT2D eigenvalue weighted by molar-refractivity contribution is -0.132. The highest BCUT2D eigenvalue weighted by Gasteiger charge is 2.30. The summed E-state index contributed by atoms with van der Waals surface area (Å²) in [5.41, 5.74) is 1.75. The normalized spacial score (nSPS) is 19.2. The monoisotopic (exact) mass is 432 g/mol. The van der Waals surface area contributed by atoms with Gasteiger partial charge in [0.15, 0.2) is 5.65 Å². The zero-order chi connectivity index (χ0) is 22.1. The second kappa shape index (κ2) is 8.41. The Bertz CT molecular complexity index is 1180. The molecule has 0 aliphatic carbocycles. The first kappa shape index (κ1) is 20.2. The van der Waals surface area contributed by atoms with Crippen molar-refractivity contribution < 1.29 is 14.4 Å². The molecule has 3 amide bonds. The van der Waals surface area contributed by atoms with Crippen LogP contribution in [0, 0.1) is 0 Å². The molecule has 9 heteroatoms. The maximum Gasteiger partial charge on any atom is 0.254 e. The molecule has 32 heavy (non-hydrogen) atoms. The number of likely N-dealkylation sites (tertiary alicyclic amines) is 1. The second-order valence-electron chi connectivity index (χ2n) is 8.24. The first-order valence-corrected chi connectivity index (χ1v) is 10.9. The van der Waals surface area contributed by atoms with Crippen LogP contribution in [0.2, 0.25) is 0 Å². The number of nitrogens with one attached hydrogen (secondary N) is 2. The van der Waals surface area contributed by atoms with Crippen molar-refractivity contribution in [3.63, 3.8) is 0 Å². The topological polar surface area (TPSA) is 109 Å². The van der Waals surface area contributed by atoms with Crippen molar-refractivity contribution in [3.05, 3.63) is 60.0 Å². The molecule has 0 radical (unpaired) electrons. The number of aromatic nitrogens is 3. The summed E-state index contributed by atoms with van der Waals surface area (Å²) in [6, 6.07) is 12.0. The minimum atomic E-state index is -0.737. The van der Waals surface area contributed by atoms with Crippen LogP contribution >= 0.6 is 0 Å². The molecule has 5 rings (SSSR count). The molecule has 4 heterocycles. The first-order chi connectivity index (χ1) is 15.6. The van der Waals surface area contributed by atoms with Gasteiger partial charge in [-0.05, 0) is 43.5 Å². The lowest BCUT2D eigenvalue weighted by Crippen LogP contribution is -2.43. The van der Waals surface area contributed by atoms with Crippen LogP contribution in [0.1, 0.15) is 47.8 Å². The fourth-order valence-corrected chi connectivity index (χ4v) is 4.47. The highest BCUT2D eigenvalue weighted by molar-refractivity contribution is 6.09. The molecular weight excluding hydrogens is 408 g/mol. The molecule has 164 valence electrons. The van der Waals surface area contributed by atoms with Gasteiger partial charge in [0.05, 0.1) is 11.3 Å². The fourth-order valence-electron chi connectivity index (χ4n) is 4.47. The molecule has 9 nitrogen and oxygen atoms in total. The van der Waals surface area contributed by atoms with Gasteiger partial charge < -0.3 is 15.5 Å². The summed E-state index contributed by atoms with van der Waals surface area (Å²) >= 11 is 0. The molecule has 1 aromatic carbocycles. The number of para-hydroxylation sites is 1. The van der Waals surface area contributed by atoms with Crippen molar-refractivity contribution in [2.24, 2.45) is 0 Å². The molecule has 2 aromatic heterocycles. The Hall–Kier alpha value is -3.75. The Morgan fingerprint density at radius 3 is 2.66 bits per heavy atom. The van der Waals surface area contributed by atoms with Crippen LogP contribution in [0.3, 0.4) is 0 Å². The summed E-state index contributed by atoms with van der Waals surface area (Å²) in [5, 5.41) is 14.1. The summed E-state index contributed by atoms with van der Waals surface area (Å²) in [7, 11) is 0. The Kier molecular flexibility index (Phi) is 5.30. The van der Waals surface area contributed by atoms with Crippen molar-refractivity contribution in [1.82, 2.24) is 24.8 Å². The predicted octanol–water partition coefficient (Wildman–Crippen LogP) is 1.97. The van der Waals surface area contributed by atoms with Crippen LogP contribution < -0.4 is 10.6 Å². The molecule has 3 aromatic rings. The molecule has 0 bridgehead atoms. The van der Waals surface area contributed by atoms with Crippen LogP contribution in [0.15, 0.2) is 48.7 Å². The molecule has 2 N–H and O–H groups in total. The van der Waals surface area contributed by atoms with Crippen LogP contribution in [-0.2, 0) is 9.59 Å². The van der Waals surface area contributed by atoms with Crippen molar-refractivity contribution in [3.8, 4) is 0 Å². The quantitative estimate of drug-likeness (QED) is 0.655. The summed E-state index contributed by atoms with van der Waals surface area (Å²) in [6.07, 6.45) is 4.06. The zero-order valence-corrected chi connectivity index (χ0v) is 17.5. The van der Waals surface area contributed by atoms with Crippen LogP contribution in [-0.4, -0.2) is 56.4 Å². The van der Waals surface area contributed by atoms with Crippen molar-refractivity contribution in [2.75, 3.05) is 18.4 Å². The fraction of sp³-hybridized carbons (Fsp3) is 0.348. The maximum atomic E-state index is 12.8. The van der Waals surface area contributed by atoms with Gasteiger partial charge in [-0.2, -0.15) is 0 Å². The number of nitrogens with zero attached hydrogens (tertiary/aromatic N) is 4. The molecule has 0 saturated carbocycles. The van der Waals surface area contributed by atoms with Gasteiger partial charge in [0.25, 0.3) is 5.91 Å². The van der Waals surface area contributed by atoms with E-state index >= 15 is 0 Å². The molecule has 2 aliphatic heterocycles. The van der Waals surface area contributed by atoms with E-state index in [-0.39, 0.29) is 36.5 Å². The number of hydrogen-bond donors (Lipinski definition) is 2. The van der Waals surface area contributed by atoms with Crippen molar-refractivity contribution >= 4 is 29.1 Å². The van der Waals surface area contributed by atoms with Gasteiger partial charge in [-0.25, -0.2) is 0 Å². The van der Waals surface area contributed by atoms with Gasteiger partial charge in [0.2, 0.25) is 11.8 Å². The van der Waals surface area contributed by atoms with Gasteiger partial charge >= 0.3 is 0 Å². The lowest BCUT2D eigenvalue weighted by Gasteiger charge is -2.31. The van der Waals surface area contributed by atoms with E-state index in [0.717, 1.165) is 24.3 Å². The average molecular weight is 432 g/mol. The Morgan fingerprint density at radius 2 is 1.81 bits per heavy atom. The lowest BCUT2D eigenvalue weighted by atomic mass is 9.95. The van der Waals surface area contributed by atoms with E-state index in [2.05, 4.69) is 20.8 Å². The Morgan fingerprint density at radius 1 is 1.03 bits per heavy atom. The van der Waals surface area contributed by atoms with Crippen LogP contribution in [0.25, 0.3) is 5.65 Å². The number of benzene rings is 1. The minimum Gasteiger partial charge on any atom is -0.343 e. The number of carbonyl (C=O) groups excluding carboxylic acids is 3. The van der Waals surface area contributed by atoms with Crippen LogP contribution in [0.4, 0.5) is 5.69 Å². The van der Waals surface area contributed by atoms with Crippen LogP contribution in [0.5, 0.6) is 0 Å². The smallest absolute Gasteiger partial charge is 0.254 e. The summed E-state index contributed by atoms with van der Waals surface area (Å²) in [6.45, 7) is 1.28. The Balaban J connectivity index is 1.16. The summed E-state index contributed by atoms with van der Waals surface area (Å²) in [5.74, 6) is 0.580.